The molecule has 3 nitrogen and oxygen atoms in total. The fourth-order valence-electron chi connectivity index (χ4n) is 1.41. The van der Waals surface area contributed by atoms with E-state index in [1.54, 1.807) is 7.11 Å². The van der Waals surface area contributed by atoms with Crippen LogP contribution in [0.5, 0.6) is 5.75 Å². The van der Waals surface area contributed by atoms with E-state index in [4.69, 9.17) is 22.7 Å². The van der Waals surface area contributed by atoms with Gasteiger partial charge < -0.3 is 10.5 Å². The topological polar surface area (TPSA) is 38.5 Å². The highest BCUT2D eigenvalue weighted by Crippen LogP contribution is 2.14. The average Bonchev–Trinajstić information content (AvgIpc) is 2.28. The van der Waals surface area contributed by atoms with Crippen LogP contribution in [-0.2, 0) is 6.54 Å². The monoisotopic (exact) mass is 238 g/mol. The number of hydrogen-bond acceptors (Lipinski definition) is 3. The smallest absolute Gasteiger partial charge is 0.119 e. The molecule has 0 bridgehead atoms. The molecule has 0 radical (unpaired) electrons. The summed E-state index contributed by atoms with van der Waals surface area (Å²) in [5.74, 6) is 0.869. The summed E-state index contributed by atoms with van der Waals surface area (Å²) < 4.78 is 5.18. The van der Waals surface area contributed by atoms with Crippen molar-refractivity contribution in [2.45, 2.75) is 19.5 Å². The van der Waals surface area contributed by atoms with Crippen LogP contribution < -0.4 is 10.5 Å². The lowest BCUT2D eigenvalue weighted by Crippen LogP contribution is -2.38. The predicted octanol–water partition coefficient (Wildman–Crippen LogP) is 1.80. The lowest BCUT2D eigenvalue weighted by Gasteiger charge is -2.23. The number of ether oxygens (including phenoxy) is 1. The second-order valence-corrected chi connectivity index (χ2v) is 4.32. The Morgan fingerprint density at radius 1 is 1.56 bits per heavy atom. The van der Waals surface area contributed by atoms with E-state index < -0.39 is 0 Å². The third-order valence-electron chi connectivity index (χ3n) is 2.64. The molecule has 1 unspecified atom stereocenters. The second-order valence-electron chi connectivity index (χ2n) is 3.84. The van der Waals surface area contributed by atoms with Crippen LogP contribution in [0.25, 0.3) is 0 Å². The zero-order chi connectivity index (χ0) is 12.1. The van der Waals surface area contributed by atoms with Gasteiger partial charge in [0.2, 0.25) is 0 Å². The Kier molecular flexibility index (Phi) is 4.71. The van der Waals surface area contributed by atoms with Crippen molar-refractivity contribution < 1.29 is 4.74 Å². The molecule has 0 amide bonds. The van der Waals surface area contributed by atoms with E-state index in [0.717, 1.165) is 12.3 Å². The fraction of sp³-hybridized carbons (Fsp3) is 0.417. The van der Waals surface area contributed by atoms with E-state index in [1.165, 1.54) is 5.56 Å². The zero-order valence-corrected chi connectivity index (χ0v) is 10.8. The van der Waals surface area contributed by atoms with E-state index >= 15 is 0 Å². The molecular formula is C12H18N2OS. The lowest BCUT2D eigenvalue weighted by molar-refractivity contribution is 0.303. The highest BCUT2D eigenvalue weighted by atomic mass is 32.1. The van der Waals surface area contributed by atoms with Crippen molar-refractivity contribution >= 4 is 17.2 Å². The summed E-state index contributed by atoms with van der Waals surface area (Å²) in [6.07, 6.45) is 0. The predicted molar refractivity (Wildman–Crippen MR) is 70.7 cm³/mol. The van der Waals surface area contributed by atoms with Crippen LogP contribution in [0.15, 0.2) is 24.3 Å². The Bertz CT molecular complexity index is 368. The highest BCUT2D eigenvalue weighted by molar-refractivity contribution is 7.80. The van der Waals surface area contributed by atoms with Crippen LogP contribution in [0.2, 0.25) is 0 Å². The van der Waals surface area contributed by atoms with E-state index in [2.05, 4.69) is 11.0 Å². The van der Waals surface area contributed by atoms with E-state index in [-0.39, 0.29) is 6.04 Å². The Morgan fingerprint density at radius 2 is 2.25 bits per heavy atom. The zero-order valence-electron chi connectivity index (χ0n) is 9.93. The van der Waals surface area contributed by atoms with Crippen LogP contribution in [0.4, 0.5) is 0 Å². The quantitative estimate of drug-likeness (QED) is 0.794. The van der Waals surface area contributed by atoms with Gasteiger partial charge in [-0.3, -0.25) is 4.90 Å². The lowest BCUT2D eigenvalue weighted by atomic mass is 10.2. The summed E-state index contributed by atoms with van der Waals surface area (Å²) in [4.78, 5) is 2.63. The molecule has 1 atom stereocenters. The summed E-state index contributed by atoms with van der Waals surface area (Å²) in [7, 11) is 3.67. The first-order valence-corrected chi connectivity index (χ1v) is 5.58. The SMILES string of the molecule is COc1cccc(CN(C)C(C)C(N)=S)c1. The third-order valence-corrected chi connectivity index (χ3v) is 2.98. The minimum atomic E-state index is 0.0983. The molecule has 1 aromatic rings. The Morgan fingerprint density at radius 3 is 2.81 bits per heavy atom. The van der Waals surface area contributed by atoms with Crippen molar-refractivity contribution in [1.29, 1.82) is 0 Å². The fourth-order valence-corrected chi connectivity index (χ4v) is 1.59. The van der Waals surface area contributed by atoms with Crippen molar-refractivity contribution in [3.8, 4) is 5.75 Å². The Labute approximate surface area is 102 Å². The number of thiocarbonyl (C=S) groups is 1. The summed E-state index contributed by atoms with van der Waals surface area (Å²) in [5, 5.41) is 0. The van der Waals surface area contributed by atoms with Crippen LogP contribution in [0.3, 0.4) is 0 Å². The van der Waals surface area contributed by atoms with Gasteiger partial charge in [-0.1, -0.05) is 24.4 Å². The summed E-state index contributed by atoms with van der Waals surface area (Å²) in [5.41, 5.74) is 6.80. The Balaban J connectivity index is 2.68. The van der Waals surface area contributed by atoms with E-state index in [0.29, 0.717) is 4.99 Å². The van der Waals surface area contributed by atoms with Crippen molar-refractivity contribution in [3.63, 3.8) is 0 Å². The maximum absolute atomic E-state index is 5.61. The molecule has 16 heavy (non-hydrogen) atoms. The number of methoxy groups -OCH3 is 1. The van der Waals surface area contributed by atoms with Gasteiger partial charge in [-0.25, -0.2) is 0 Å². The summed E-state index contributed by atoms with van der Waals surface area (Å²) in [6.45, 7) is 2.80. The first-order valence-electron chi connectivity index (χ1n) is 5.17. The van der Waals surface area contributed by atoms with Gasteiger partial charge in [0.25, 0.3) is 0 Å². The van der Waals surface area contributed by atoms with Gasteiger partial charge in [0, 0.05) is 6.54 Å². The largest absolute Gasteiger partial charge is 0.497 e. The first-order chi connectivity index (χ1) is 7.54. The maximum Gasteiger partial charge on any atom is 0.119 e. The summed E-state index contributed by atoms with van der Waals surface area (Å²) >= 11 is 4.97. The number of likely N-dealkylation sites (N-methyl/N-ethyl adjacent to an activating group) is 1. The number of hydrogen-bond donors (Lipinski definition) is 1. The third kappa shape index (κ3) is 3.47. The highest BCUT2D eigenvalue weighted by Gasteiger charge is 2.11. The average molecular weight is 238 g/mol. The molecular weight excluding hydrogens is 220 g/mol. The van der Waals surface area contributed by atoms with Crippen LogP contribution in [0.1, 0.15) is 12.5 Å². The molecule has 88 valence electrons. The molecule has 4 heteroatoms. The molecule has 1 rings (SSSR count). The number of benzene rings is 1. The van der Waals surface area contributed by atoms with Crippen LogP contribution >= 0.6 is 12.2 Å². The number of nitrogens with zero attached hydrogens (tertiary/aromatic N) is 1. The minimum absolute atomic E-state index is 0.0983. The number of rotatable bonds is 5. The van der Waals surface area contributed by atoms with Crippen LogP contribution in [-0.4, -0.2) is 30.1 Å². The normalized spacial score (nSPS) is 12.5. The van der Waals surface area contributed by atoms with Crippen molar-refractivity contribution in [2.24, 2.45) is 5.73 Å². The minimum Gasteiger partial charge on any atom is -0.497 e. The van der Waals surface area contributed by atoms with E-state index in [1.807, 2.05) is 32.2 Å². The Hall–Kier alpha value is -1.13. The maximum atomic E-state index is 5.61. The van der Waals surface area contributed by atoms with Gasteiger partial charge in [0.1, 0.15) is 5.75 Å². The molecule has 0 spiro atoms. The number of nitrogens with two attached hydrogens (primary N) is 1. The molecule has 2 N–H and O–H groups in total. The van der Waals surface area contributed by atoms with Crippen molar-refractivity contribution in [1.82, 2.24) is 4.90 Å². The van der Waals surface area contributed by atoms with Gasteiger partial charge in [-0.2, -0.15) is 0 Å². The molecule has 0 aliphatic heterocycles. The molecule has 0 saturated carbocycles. The molecule has 1 aromatic carbocycles. The van der Waals surface area contributed by atoms with Gasteiger partial charge in [-0.15, -0.1) is 0 Å². The van der Waals surface area contributed by atoms with Crippen molar-refractivity contribution in [3.05, 3.63) is 29.8 Å². The first kappa shape index (κ1) is 12.9. The van der Waals surface area contributed by atoms with Crippen molar-refractivity contribution in [2.75, 3.05) is 14.2 Å². The molecule has 0 saturated heterocycles. The van der Waals surface area contributed by atoms with E-state index in [9.17, 15) is 0 Å². The van der Waals surface area contributed by atoms with Gasteiger partial charge in [-0.05, 0) is 31.7 Å². The molecule has 0 aliphatic rings. The standard InChI is InChI=1S/C12H18N2OS/c1-9(12(13)16)14(2)8-10-5-4-6-11(7-10)15-3/h4-7,9H,8H2,1-3H3,(H2,13,16). The van der Waals surface area contributed by atoms with Gasteiger partial charge in [0.05, 0.1) is 18.1 Å². The second kappa shape index (κ2) is 5.82. The van der Waals surface area contributed by atoms with Crippen LogP contribution in [0, 0.1) is 0 Å². The molecule has 0 fully saturated rings. The summed E-state index contributed by atoms with van der Waals surface area (Å²) in [6, 6.07) is 8.09. The molecule has 0 aliphatic carbocycles. The molecule has 0 aromatic heterocycles. The van der Waals surface area contributed by atoms with Gasteiger partial charge >= 0.3 is 0 Å². The van der Waals surface area contributed by atoms with Gasteiger partial charge in [0.15, 0.2) is 0 Å². The molecule has 0 heterocycles.